The Balaban J connectivity index is 0.970. The second-order valence-electron chi connectivity index (χ2n) is 16.5. The molecule has 2 nitrogen and oxygen atoms in total. The van der Waals surface area contributed by atoms with Crippen LogP contribution in [0.1, 0.15) is 11.1 Å². The second kappa shape index (κ2) is 13.1. The van der Waals surface area contributed by atoms with Gasteiger partial charge in [-0.2, -0.15) is 0 Å². The Morgan fingerprint density at radius 2 is 0.887 bits per heavy atom. The van der Waals surface area contributed by atoms with Crippen LogP contribution in [0.2, 0.25) is 0 Å². The number of fused-ring (bicyclic) bond motifs is 9. The summed E-state index contributed by atoms with van der Waals surface area (Å²) < 4.78 is 4.90. The highest BCUT2D eigenvalue weighted by Gasteiger charge is 2.23. The molecular formula is C60H38N2. The average molecular weight is 787 g/mol. The summed E-state index contributed by atoms with van der Waals surface area (Å²) in [4.78, 5) is 0. The molecular weight excluding hydrogens is 749 g/mol. The first kappa shape index (κ1) is 34.6. The van der Waals surface area contributed by atoms with Gasteiger partial charge < -0.3 is 9.13 Å². The Hall–Kier alpha value is -8.20. The van der Waals surface area contributed by atoms with Gasteiger partial charge >= 0.3 is 0 Å². The van der Waals surface area contributed by atoms with E-state index in [1.54, 1.807) is 0 Å². The van der Waals surface area contributed by atoms with Crippen molar-refractivity contribution in [3.05, 3.63) is 231 Å². The van der Waals surface area contributed by atoms with E-state index < -0.39 is 0 Å². The molecule has 0 bridgehead atoms. The van der Waals surface area contributed by atoms with E-state index in [0.29, 0.717) is 0 Å². The van der Waals surface area contributed by atoms with Gasteiger partial charge in [-0.05, 0) is 115 Å². The fourth-order valence-corrected chi connectivity index (χ4v) is 10.7. The lowest BCUT2D eigenvalue weighted by atomic mass is 9.93. The second-order valence-corrected chi connectivity index (χ2v) is 16.5. The topological polar surface area (TPSA) is 9.86 Å². The van der Waals surface area contributed by atoms with Crippen LogP contribution < -0.4 is 0 Å². The zero-order valence-corrected chi connectivity index (χ0v) is 33.9. The van der Waals surface area contributed by atoms with Crippen LogP contribution in [0, 0.1) is 0 Å². The predicted molar refractivity (Wildman–Crippen MR) is 266 cm³/mol. The predicted octanol–water partition coefficient (Wildman–Crippen LogP) is 16.3. The summed E-state index contributed by atoms with van der Waals surface area (Å²) in [6, 6.07) is 71.7. The molecule has 0 fully saturated rings. The van der Waals surface area contributed by atoms with Gasteiger partial charge in [-0.1, -0.05) is 171 Å². The smallest absolute Gasteiger partial charge is 0.0619 e. The number of benzene rings is 10. The highest BCUT2D eigenvalue weighted by atomic mass is 15.0. The van der Waals surface area contributed by atoms with Crippen LogP contribution in [0.3, 0.4) is 0 Å². The number of rotatable bonds is 6. The lowest BCUT2D eigenvalue weighted by molar-refractivity contribution is 1.19. The van der Waals surface area contributed by atoms with E-state index in [1.807, 2.05) is 12.2 Å². The Kier molecular flexibility index (Phi) is 7.35. The molecule has 0 saturated heterocycles. The summed E-state index contributed by atoms with van der Waals surface area (Å²) in [5, 5.41) is 12.5. The Morgan fingerprint density at radius 3 is 1.65 bits per heavy atom. The third-order valence-corrected chi connectivity index (χ3v) is 13.4. The molecule has 0 radical (unpaired) electrons. The summed E-state index contributed by atoms with van der Waals surface area (Å²) in [6.07, 6.45) is 3.93. The third-order valence-electron chi connectivity index (χ3n) is 13.4. The molecule has 1 aliphatic rings. The number of hydrogen-bond acceptors (Lipinski definition) is 0. The van der Waals surface area contributed by atoms with Crippen LogP contribution in [0.15, 0.2) is 219 Å². The van der Waals surface area contributed by atoms with E-state index in [1.165, 1.54) is 115 Å². The maximum atomic E-state index is 4.14. The van der Waals surface area contributed by atoms with Crippen LogP contribution in [0.5, 0.6) is 0 Å². The van der Waals surface area contributed by atoms with Crippen molar-refractivity contribution >= 4 is 87.1 Å². The van der Waals surface area contributed by atoms with Gasteiger partial charge in [0, 0.05) is 38.0 Å². The lowest BCUT2D eigenvalue weighted by Crippen LogP contribution is -1.95. The highest BCUT2D eigenvalue weighted by molar-refractivity contribution is 6.21. The molecule has 288 valence electrons. The highest BCUT2D eigenvalue weighted by Crippen LogP contribution is 2.46. The molecule has 1 aliphatic carbocycles. The summed E-state index contributed by atoms with van der Waals surface area (Å²) in [5.74, 6) is 0. The molecule has 0 spiro atoms. The first-order valence-corrected chi connectivity index (χ1v) is 21.3. The number of aromatic nitrogens is 2. The molecule has 2 heterocycles. The molecule has 0 amide bonds. The average Bonchev–Trinajstić information content (AvgIpc) is 3.97. The van der Waals surface area contributed by atoms with Crippen LogP contribution in [0.25, 0.3) is 121 Å². The number of nitrogens with zero attached hydrogens (tertiary/aromatic N) is 2. The van der Waals surface area contributed by atoms with Crippen molar-refractivity contribution in [3.8, 4) is 33.6 Å². The van der Waals surface area contributed by atoms with Crippen LogP contribution in [0.4, 0.5) is 0 Å². The molecule has 12 aromatic rings. The molecule has 0 saturated carbocycles. The zero-order valence-electron chi connectivity index (χ0n) is 33.9. The van der Waals surface area contributed by atoms with E-state index in [0.717, 1.165) is 16.8 Å². The van der Waals surface area contributed by atoms with Crippen molar-refractivity contribution in [3.63, 3.8) is 0 Å². The minimum Gasteiger partial charge on any atom is -0.309 e. The normalized spacial score (nSPS) is 12.6. The summed E-state index contributed by atoms with van der Waals surface area (Å²) >= 11 is 0. The standard InChI is InChI=1S/C60H38N2/c1-3-43-44(4-2)51-32-31-45(50-20-12-19-49(43)59(50)51)39-23-28-42(29-24-39)61-57-33-26-41(36-54(57)52-30-25-38-14-6-8-17-47(38)60(52)61)40-27-34-58-53(35-40)48-18-9-10-21-56(48)62(58)55-22-11-15-37-13-5-7-16-46(37)55/h3-36H,1-2H2. The van der Waals surface area contributed by atoms with E-state index in [4.69, 9.17) is 0 Å². The van der Waals surface area contributed by atoms with Crippen molar-refractivity contribution < 1.29 is 0 Å². The first-order valence-electron chi connectivity index (χ1n) is 21.3. The first-order chi connectivity index (χ1) is 30.7. The zero-order chi connectivity index (χ0) is 41.1. The third kappa shape index (κ3) is 4.80. The Morgan fingerprint density at radius 1 is 0.339 bits per heavy atom. The SMILES string of the molecule is C=CC1=C(C=C)c2ccc(-c3ccc(-n4c5ccc(-c6ccc7c(c6)c6ccccc6n7-c6cccc7ccccc67)cc5c5ccc6ccccc6c54)cc3)c3cccc1c23. The fraction of sp³-hybridized carbons (Fsp3) is 0. The summed E-state index contributed by atoms with van der Waals surface area (Å²) in [6.45, 7) is 8.28. The monoisotopic (exact) mass is 786 g/mol. The van der Waals surface area contributed by atoms with Gasteiger partial charge in [0.15, 0.2) is 0 Å². The molecule has 10 aromatic carbocycles. The summed E-state index contributed by atoms with van der Waals surface area (Å²) in [5.41, 5.74) is 16.7. The van der Waals surface area contributed by atoms with Crippen molar-refractivity contribution in [2.45, 2.75) is 0 Å². The largest absolute Gasteiger partial charge is 0.309 e. The van der Waals surface area contributed by atoms with Crippen molar-refractivity contribution in [1.29, 1.82) is 0 Å². The van der Waals surface area contributed by atoms with Crippen LogP contribution in [-0.4, -0.2) is 9.13 Å². The van der Waals surface area contributed by atoms with Crippen molar-refractivity contribution in [1.82, 2.24) is 9.13 Å². The van der Waals surface area contributed by atoms with Crippen LogP contribution >= 0.6 is 0 Å². The van der Waals surface area contributed by atoms with Crippen molar-refractivity contribution in [2.24, 2.45) is 0 Å². The number of hydrogen-bond donors (Lipinski definition) is 0. The molecule has 2 aromatic heterocycles. The number of allylic oxidation sites excluding steroid dienone is 4. The Bertz CT molecular complexity index is 3910. The molecule has 0 atom stereocenters. The minimum absolute atomic E-state index is 1.14. The van der Waals surface area contributed by atoms with E-state index >= 15 is 0 Å². The van der Waals surface area contributed by atoms with E-state index in [9.17, 15) is 0 Å². The molecule has 13 rings (SSSR count). The van der Waals surface area contributed by atoms with Gasteiger partial charge in [0.25, 0.3) is 0 Å². The maximum absolute atomic E-state index is 4.14. The molecule has 0 aliphatic heterocycles. The molecule has 62 heavy (non-hydrogen) atoms. The quantitative estimate of drug-likeness (QED) is 0.159. The van der Waals surface area contributed by atoms with Crippen LogP contribution in [-0.2, 0) is 0 Å². The molecule has 0 unspecified atom stereocenters. The van der Waals surface area contributed by atoms with E-state index in [2.05, 4.69) is 216 Å². The molecule has 0 N–H and O–H groups in total. The molecule has 2 heteroatoms. The maximum Gasteiger partial charge on any atom is 0.0619 e. The van der Waals surface area contributed by atoms with E-state index in [-0.39, 0.29) is 0 Å². The van der Waals surface area contributed by atoms with Gasteiger partial charge in [-0.15, -0.1) is 0 Å². The van der Waals surface area contributed by atoms with Gasteiger partial charge in [-0.25, -0.2) is 0 Å². The van der Waals surface area contributed by atoms with Gasteiger partial charge in [-0.3, -0.25) is 0 Å². The Labute approximate surface area is 358 Å². The summed E-state index contributed by atoms with van der Waals surface area (Å²) in [7, 11) is 0. The number of para-hydroxylation sites is 1. The lowest BCUT2D eigenvalue weighted by Gasteiger charge is -2.13. The van der Waals surface area contributed by atoms with Crippen molar-refractivity contribution in [2.75, 3.05) is 0 Å². The van der Waals surface area contributed by atoms with Gasteiger partial charge in [0.1, 0.15) is 0 Å². The minimum atomic E-state index is 1.14. The van der Waals surface area contributed by atoms with Gasteiger partial charge in [0.2, 0.25) is 0 Å². The van der Waals surface area contributed by atoms with Gasteiger partial charge in [0.05, 0.1) is 27.8 Å². The fourth-order valence-electron chi connectivity index (χ4n) is 10.7.